The third-order valence-electron chi connectivity index (χ3n) is 3.22. The maximum absolute atomic E-state index is 6.44. The van der Waals surface area contributed by atoms with Crippen molar-refractivity contribution in [1.82, 2.24) is 5.32 Å². The Morgan fingerprint density at radius 1 is 1.26 bits per heavy atom. The van der Waals surface area contributed by atoms with Gasteiger partial charge >= 0.3 is 0 Å². The first-order chi connectivity index (χ1) is 9.22. The molecule has 0 amide bonds. The molecule has 2 aromatic rings. The van der Waals surface area contributed by atoms with Gasteiger partial charge in [0.2, 0.25) is 0 Å². The summed E-state index contributed by atoms with van der Waals surface area (Å²) in [6.07, 6.45) is 3.62. The third kappa shape index (κ3) is 3.62. The second-order valence-corrected chi connectivity index (χ2v) is 5.15. The van der Waals surface area contributed by atoms with Gasteiger partial charge in [-0.1, -0.05) is 36.7 Å². The molecule has 0 bridgehead atoms. The van der Waals surface area contributed by atoms with Gasteiger partial charge in [-0.2, -0.15) is 0 Å². The zero-order valence-corrected chi connectivity index (χ0v) is 12.2. The minimum absolute atomic E-state index is 0.193. The largest absolute Gasteiger partial charge is 0.469 e. The minimum atomic E-state index is 0.193. The van der Waals surface area contributed by atoms with E-state index in [0.717, 1.165) is 41.3 Å². The summed E-state index contributed by atoms with van der Waals surface area (Å²) in [5, 5.41) is 4.40. The van der Waals surface area contributed by atoms with E-state index in [1.807, 2.05) is 25.1 Å². The summed E-state index contributed by atoms with van der Waals surface area (Å²) in [7, 11) is 0. The van der Waals surface area contributed by atoms with Gasteiger partial charge in [-0.05, 0) is 43.1 Å². The molecular formula is C16H20ClNO. The lowest BCUT2D eigenvalue weighted by atomic mass is 10.00. The highest BCUT2D eigenvalue weighted by Gasteiger charge is 2.16. The van der Waals surface area contributed by atoms with Gasteiger partial charge < -0.3 is 9.73 Å². The van der Waals surface area contributed by atoms with Gasteiger partial charge in [0.05, 0.1) is 6.26 Å². The summed E-state index contributed by atoms with van der Waals surface area (Å²) in [5.41, 5.74) is 2.26. The Labute approximate surface area is 119 Å². The van der Waals surface area contributed by atoms with Crippen molar-refractivity contribution in [3.8, 4) is 0 Å². The van der Waals surface area contributed by atoms with Crippen LogP contribution < -0.4 is 5.32 Å². The molecule has 1 N–H and O–H groups in total. The molecular weight excluding hydrogens is 258 g/mol. The van der Waals surface area contributed by atoms with Crippen LogP contribution in [-0.2, 0) is 6.42 Å². The number of hydrogen-bond donors (Lipinski definition) is 1. The van der Waals surface area contributed by atoms with Crippen molar-refractivity contribution in [2.75, 3.05) is 6.54 Å². The molecule has 0 aliphatic rings. The summed E-state index contributed by atoms with van der Waals surface area (Å²) in [6.45, 7) is 5.17. The van der Waals surface area contributed by atoms with E-state index in [4.69, 9.17) is 16.0 Å². The maximum Gasteiger partial charge on any atom is 0.105 e. The van der Waals surface area contributed by atoms with Gasteiger partial charge in [0.15, 0.2) is 0 Å². The van der Waals surface area contributed by atoms with Gasteiger partial charge in [-0.3, -0.25) is 0 Å². The molecule has 0 radical (unpaired) electrons. The third-order valence-corrected chi connectivity index (χ3v) is 3.74. The maximum atomic E-state index is 6.44. The average Bonchev–Trinajstić information content (AvgIpc) is 2.91. The fraction of sp³-hybridized carbons (Fsp3) is 0.375. The molecule has 1 aromatic carbocycles. The highest BCUT2D eigenvalue weighted by Crippen LogP contribution is 2.28. The molecule has 102 valence electrons. The molecule has 0 saturated carbocycles. The summed E-state index contributed by atoms with van der Waals surface area (Å²) >= 11 is 6.44. The molecule has 0 saturated heterocycles. The fourth-order valence-electron chi connectivity index (χ4n) is 2.18. The Morgan fingerprint density at radius 2 is 2.11 bits per heavy atom. The second-order valence-electron chi connectivity index (χ2n) is 4.77. The predicted octanol–water partition coefficient (Wildman–Crippen LogP) is 4.52. The van der Waals surface area contributed by atoms with Crippen molar-refractivity contribution in [2.45, 2.75) is 32.7 Å². The smallest absolute Gasteiger partial charge is 0.105 e. The molecule has 2 nitrogen and oxygen atoms in total. The average molecular weight is 278 g/mol. The van der Waals surface area contributed by atoms with Crippen LogP contribution in [0.15, 0.2) is 41.0 Å². The summed E-state index contributed by atoms with van der Waals surface area (Å²) in [4.78, 5) is 0. The van der Waals surface area contributed by atoms with Crippen LogP contribution in [0.3, 0.4) is 0 Å². The van der Waals surface area contributed by atoms with Crippen LogP contribution in [0.4, 0.5) is 0 Å². The lowest BCUT2D eigenvalue weighted by Crippen LogP contribution is -2.24. The normalized spacial score (nSPS) is 12.6. The van der Waals surface area contributed by atoms with Crippen molar-refractivity contribution < 1.29 is 4.42 Å². The Morgan fingerprint density at radius 3 is 2.79 bits per heavy atom. The fourth-order valence-corrected chi connectivity index (χ4v) is 2.44. The quantitative estimate of drug-likeness (QED) is 0.839. The zero-order chi connectivity index (χ0) is 13.7. The SMILES string of the molecule is CCCNC(Cc1ccco1)c1cccc(C)c1Cl. The number of furan rings is 1. The summed E-state index contributed by atoms with van der Waals surface area (Å²) in [5.74, 6) is 0.978. The van der Waals surface area contributed by atoms with E-state index in [9.17, 15) is 0 Å². The number of hydrogen-bond acceptors (Lipinski definition) is 2. The zero-order valence-electron chi connectivity index (χ0n) is 11.4. The number of benzene rings is 1. The van der Waals surface area contributed by atoms with Gasteiger partial charge in [-0.25, -0.2) is 0 Å². The lowest BCUT2D eigenvalue weighted by molar-refractivity contribution is 0.449. The number of nitrogens with one attached hydrogen (secondary N) is 1. The molecule has 1 heterocycles. The van der Waals surface area contributed by atoms with E-state index in [2.05, 4.69) is 24.4 Å². The van der Waals surface area contributed by atoms with Gasteiger partial charge in [0.25, 0.3) is 0 Å². The van der Waals surface area contributed by atoms with Crippen LogP contribution in [0.1, 0.15) is 36.3 Å². The number of halogens is 1. The molecule has 0 aliphatic heterocycles. The topological polar surface area (TPSA) is 25.2 Å². The van der Waals surface area contributed by atoms with Crippen molar-refractivity contribution >= 4 is 11.6 Å². The number of rotatable bonds is 6. The van der Waals surface area contributed by atoms with Crippen LogP contribution in [-0.4, -0.2) is 6.54 Å². The van der Waals surface area contributed by atoms with E-state index in [0.29, 0.717) is 0 Å². The summed E-state index contributed by atoms with van der Waals surface area (Å²) in [6, 6.07) is 10.3. The Kier molecular flexibility index (Phi) is 5.06. The van der Waals surface area contributed by atoms with E-state index in [-0.39, 0.29) is 6.04 Å². The predicted molar refractivity (Wildman–Crippen MR) is 79.6 cm³/mol. The highest BCUT2D eigenvalue weighted by molar-refractivity contribution is 6.32. The molecule has 19 heavy (non-hydrogen) atoms. The van der Waals surface area contributed by atoms with Gasteiger partial charge in [0.1, 0.15) is 5.76 Å². The van der Waals surface area contributed by atoms with E-state index < -0.39 is 0 Å². The lowest BCUT2D eigenvalue weighted by Gasteiger charge is -2.20. The second kappa shape index (κ2) is 6.78. The molecule has 0 aliphatic carbocycles. The summed E-state index contributed by atoms with van der Waals surface area (Å²) < 4.78 is 5.45. The van der Waals surface area contributed by atoms with Crippen LogP contribution in [0.2, 0.25) is 5.02 Å². The monoisotopic (exact) mass is 277 g/mol. The molecule has 0 spiro atoms. The van der Waals surface area contributed by atoms with Crippen LogP contribution in [0.5, 0.6) is 0 Å². The molecule has 3 heteroatoms. The van der Waals surface area contributed by atoms with Crippen molar-refractivity contribution in [1.29, 1.82) is 0 Å². The van der Waals surface area contributed by atoms with Crippen LogP contribution in [0.25, 0.3) is 0 Å². The molecule has 1 atom stereocenters. The van der Waals surface area contributed by atoms with Crippen molar-refractivity contribution in [3.05, 3.63) is 58.5 Å². The van der Waals surface area contributed by atoms with E-state index >= 15 is 0 Å². The Hall–Kier alpha value is -1.25. The van der Waals surface area contributed by atoms with E-state index in [1.54, 1.807) is 6.26 Å². The highest BCUT2D eigenvalue weighted by atomic mass is 35.5. The molecule has 0 fully saturated rings. The van der Waals surface area contributed by atoms with Crippen LogP contribution >= 0.6 is 11.6 Å². The molecule has 2 rings (SSSR count). The first-order valence-corrected chi connectivity index (χ1v) is 7.11. The Balaban J connectivity index is 2.23. The molecule has 1 aromatic heterocycles. The standard InChI is InChI=1S/C16H20ClNO/c1-3-9-18-15(11-13-7-5-10-19-13)14-8-4-6-12(2)16(14)17/h4-8,10,15,18H,3,9,11H2,1-2H3. The van der Waals surface area contributed by atoms with Gasteiger partial charge in [0, 0.05) is 17.5 Å². The van der Waals surface area contributed by atoms with Gasteiger partial charge in [-0.15, -0.1) is 0 Å². The van der Waals surface area contributed by atoms with Crippen molar-refractivity contribution in [3.63, 3.8) is 0 Å². The van der Waals surface area contributed by atoms with Crippen LogP contribution in [0, 0.1) is 6.92 Å². The minimum Gasteiger partial charge on any atom is -0.469 e. The van der Waals surface area contributed by atoms with Crippen molar-refractivity contribution in [2.24, 2.45) is 0 Å². The first kappa shape index (κ1) is 14.2. The van der Waals surface area contributed by atoms with E-state index in [1.165, 1.54) is 0 Å². The Bertz CT molecular complexity index is 507. The number of aryl methyl sites for hydroxylation is 1. The first-order valence-electron chi connectivity index (χ1n) is 6.73. The molecule has 1 unspecified atom stereocenters.